The first-order valence-electron chi connectivity index (χ1n) is 8.63. The van der Waals surface area contributed by atoms with E-state index >= 15 is 0 Å². The van der Waals surface area contributed by atoms with Crippen LogP contribution in [-0.2, 0) is 20.7 Å². The number of aromatic amines is 1. The van der Waals surface area contributed by atoms with Crippen LogP contribution in [0.2, 0.25) is 0 Å². The van der Waals surface area contributed by atoms with Crippen molar-refractivity contribution in [3.8, 4) is 0 Å². The quantitative estimate of drug-likeness (QED) is 0.765. The van der Waals surface area contributed by atoms with Crippen LogP contribution in [-0.4, -0.2) is 55.1 Å². The zero-order valence-electron chi connectivity index (χ0n) is 15.0. The fourth-order valence-corrected chi connectivity index (χ4v) is 3.47. The van der Waals surface area contributed by atoms with Crippen molar-refractivity contribution in [3.63, 3.8) is 0 Å². The van der Waals surface area contributed by atoms with Crippen LogP contribution in [0.4, 0.5) is 0 Å². The fraction of sp³-hybridized carbons (Fsp3) is 0.526. The lowest BCUT2D eigenvalue weighted by atomic mass is 9.96. The first-order valence-corrected chi connectivity index (χ1v) is 8.63. The molecule has 0 saturated carbocycles. The van der Waals surface area contributed by atoms with Gasteiger partial charge in [0.05, 0.1) is 25.7 Å². The predicted molar refractivity (Wildman–Crippen MR) is 95.6 cm³/mol. The van der Waals surface area contributed by atoms with E-state index in [4.69, 9.17) is 9.47 Å². The van der Waals surface area contributed by atoms with Crippen LogP contribution in [0.3, 0.4) is 0 Å². The number of hydrogen-bond acceptors (Lipinski definition) is 4. The molecule has 3 rings (SSSR count). The Bertz CT molecular complexity index is 755. The molecule has 0 aliphatic carbocycles. The highest BCUT2D eigenvalue weighted by molar-refractivity contribution is 5.91. The molecule has 136 valence electrons. The second-order valence-electron chi connectivity index (χ2n) is 6.77. The van der Waals surface area contributed by atoms with Crippen LogP contribution >= 0.6 is 0 Å². The third kappa shape index (κ3) is 3.71. The Balaban J connectivity index is 1.64. The van der Waals surface area contributed by atoms with Gasteiger partial charge in [0.2, 0.25) is 5.91 Å². The number of H-pyrrole nitrogens is 1. The standard InChI is InChI=1S/C19H26N2O4/c1-11-5-4-6-14-15(12(2)21-18(11)14)7-17(22)20-8-13-9-25-10-16(24-3)19(13)23/h4-6,13,16,19,21,23H,7-10H2,1-3H3,(H,20,22)/t13-,16-,19+/m1/s1. The van der Waals surface area contributed by atoms with Gasteiger partial charge in [-0.1, -0.05) is 18.2 Å². The van der Waals surface area contributed by atoms with E-state index in [-0.39, 0.29) is 17.9 Å². The summed E-state index contributed by atoms with van der Waals surface area (Å²) in [6, 6.07) is 6.10. The molecule has 3 atom stereocenters. The van der Waals surface area contributed by atoms with Gasteiger partial charge in [-0.15, -0.1) is 0 Å². The SMILES string of the molecule is CO[C@@H]1COC[C@@H](CNC(=O)Cc2c(C)[nH]c3c(C)cccc23)[C@@H]1O. The molecule has 1 aromatic carbocycles. The number of para-hydroxylation sites is 1. The van der Waals surface area contributed by atoms with Crippen molar-refractivity contribution in [1.29, 1.82) is 0 Å². The van der Waals surface area contributed by atoms with Crippen molar-refractivity contribution in [3.05, 3.63) is 35.0 Å². The summed E-state index contributed by atoms with van der Waals surface area (Å²) in [5.41, 5.74) is 4.29. The Morgan fingerprint density at radius 1 is 1.40 bits per heavy atom. The zero-order chi connectivity index (χ0) is 18.0. The molecule has 0 radical (unpaired) electrons. The van der Waals surface area contributed by atoms with E-state index in [9.17, 15) is 9.90 Å². The first-order chi connectivity index (χ1) is 12.0. The average Bonchev–Trinajstić information content (AvgIpc) is 2.91. The van der Waals surface area contributed by atoms with Crippen LogP contribution in [0, 0.1) is 19.8 Å². The van der Waals surface area contributed by atoms with E-state index in [1.165, 1.54) is 5.56 Å². The lowest BCUT2D eigenvalue weighted by Gasteiger charge is -2.33. The predicted octanol–water partition coefficient (Wildman–Crippen LogP) is 1.47. The summed E-state index contributed by atoms with van der Waals surface area (Å²) in [5.74, 6) is -0.216. The number of hydrogen-bond donors (Lipinski definition) is 3. The van der Waals surface area contributed by atoms with Gasteiger partial charge in [-0.05, 0) is 25.0 Å². The summed E-state index contributed by atoms with van der Waals surface area (Å²) in [5, 5.41) is 14.3. The van der Waals surface area contributed by atoms with E-state index < -0.39 is 6.10 Å². The topological polar surface area (TPSA) is 83.6 Å². The second-order valence-corrected chi connectivity index (χ2v) is 6.77. The van der Waals surface area contributed by atoms with Crippen molar-refractivity contribution in [2.24, 2.45) is 5.92 Å². The molecule has 1 fully saturated rings. The van der Waals surface area contributed by atoms with Crippen molar-refractivity contribution in [2.45, 2.75) is 32.5 Å². The van der Waals surface area contributed by atoms with Gasteiger partial charge < -0.3 is 24.9 Å². The second kappa shape index (κ2) is 7.56. The number of aromatic nitrogens is 1. The first kappa shape index (κ1) is 17.9. The third-order valence-electron chi connectivity index (χ3n) is 5.04. The fourth-order valence-electron chi connectivity index (χ4n) is 3.47. The largest absolute Gasteiger partial charge is 0.390 e. The Morgan fingerprint density at radius 3 is 2.96 bits per heavy atom. The average molecular weight is 346 g/mol. The molecule has 2 heterocycles. The number of aliphatic hydroxyl groups is 1. The van der Waals surface area contributed by atoms with Gasteiger partial charge in [0.15, 0.2) is 0 Å². The minimum Gasteiger partial charge on any atom is -0.390 e. The van der Waals surface area contributed by atoms with E-state index in [1.807, 2.05) is 19.1 Å². The molecular weight excluding hydrogens is 320 g/mol. The molecule has 1 aliphatic heterocycles. The van der Waals surface area contributed by atoms with Crippen molar-refractivity contribution in [2.75, 3.05) is 26.9 Å². The molecule has 1 saturated heterocycles. The number of nitrogens with one attached hydrogen (secondary N) is 2. The Kier molecular flexibility index (Phi) is 5.42. The highest BCUT2D eigenvalue weighted by Crippen LogP contribution is 2.25. The van der Waals surface area contributed by atoms with Crippen molar-refractivity contribution < 1.29 is 19.4 Å². The molecular formula is C19H26N2O4. The number of carbonyl (C=O) groups is 1. The molecule has 0 bridgehead atoms. The summed E-state index contributed by atoms with van der Waals surface area (Å²) in [7, 11) is 1.56. The highest BCUT2D eigenvalue weighted by atomic mass is 16.5. The summed E-state index contributed by atoms with van der Waals surface area (Å²) in [6.45, 7) is 5.23. The lowest BCUT2D eigenvalue weighted by molar-refractivity contribution is -0.136. The molecule has 2 aromatic rings. The van der Waals surface area contributed by atoms with Crippen LogP contribution in [0.1, 0.15) is 16.8 Å². The van der Waals surface area contributed by atoms with Crippen LogP contribution in [0.15, 0.2) is 18.2 Å². The van der Waals surface area contributed by atoms with E-state index in [0.717, 1.165) is 22.2 Å². The number of carbonyl (C=O) groups excluding carboxylic acids is 1. The van der Waals surface area contributed by atoms with E-state index in [1.54, 1.807) is 7.11 Å². The van der Waals surface area contributed by atoms with Crippen LogP contribution in [0.5, 0.6) is 0 Å². The van der Waals surface area contributed by atoms with Gasteiger partial charge in [0.25, 0.3) is 0 Å². The van der Waals surface area contributed by atoms with Gasteiger partial charge in [-0.25, -0.2) is 0 Å². The summed E-state index contributed by atoms with van der Waals surface area (Å²) in [6.07, 6.45) is -0.654. The molecule has 6 nitrogen and oxygen atoms in total. The number of methoxy groups -OCH3 is 1. The monoisotopic (exact) mass is 346 g/mol. The molecule has 1 aliphatic rings. The third-order valence-corrected chi connectivity index (χ3v) is 5.04. The maximum Gasteiger partial charge on any atom is 0.224 e. The normalized spacial score (nSPS) is 23.8. The summed E-state index contributed by atoms with van der Waals surface area (Å²) < 4.78 is 10.7. The van der Waals surface area contributed by atoms with Crippen LogP contribution in [0.25, 0.3) is 10.9 Å². The highest BCUT2D eigenvalue weighted by Gasteiger charge is 2.32. The van der Waals surface area contributed by atoms with Crippen molar-refractivity contribution >= 4 is 16.8 Å². The molecule has 25 heavy (non-hydrogen) atoms. The molecule has 1 amide bonds. The number of amides is 1. The summed E-state index contributed by atoms with van der Waals surface area (Å²) in [4.78, 5) is 15.8. The smallest absolute Gasteiger partial charge is 0.224 e. The number of fused-ring (bicyclic) bond motifs is 1. The maximum atomic E-state index is 12.4. The number of ether oxygens (including phenoxy) is 2. The maximum absolute atomic E-state index is 12.4. The Labute approximate surface area is 147 Å². The molecule has 3 N–H and O–H groups in total. The molecule has 0 unspecified atom stereocenters. The molecule has 1 aromatic heterocycles. The van der Waals surface area contributed by atoms with E-state index in [2.05, 4.69) is 23.3 Å². The summed E-state index contributed by atoms with van der Waals surface area (Å²) >= 11 is 0. The van der Waals surface area contributed by atoms with Crippen molar-refractivity contribution in [1.82, 2.24) is 10.3 Å². The minimum absolute atomic E-state index is 0.0581. The number of benzene rings is 1. The van der Waals surface area contributed by atoms with Gasteiger partial charge in [0, 0.05) is 36.2 Å². The van der Waals surface area contributed by atoms with Gasteiger partial charge in [-0.3, -0.25) is 4.79 Å². The van der Waals surface area contributed by atoms with Crippen LogP contribution < -0.4 is 5.32 Å². The van der Waals surface area contributed by atoms with E-state index in [0.29, 0.717) is 26.2 Å². The van der Waals surface area contributed by atoms with Gasteiger partial charge in [-0.2, -0.15) is 0 Å². The number of aliphatic hydroxyl groups excluding tert-OH is 1. The van der Waals surface area contributed by atoms with Gasteiger partial charge >= 0.3 is 0 Å². The number of aryl methyl sites for hydroxylation is 2. The minimum atomic E-state index is -0.628. The molecule has 6 heteroatoms. The Morgan fingerprint density at radius 2 is 2.20 bits per heavy atom. The molecule has 0 spiro atoms. The van der Waals surface area contributed by atoms with Gasteiger partial charge in [0.1, 0.15) is 6.10 Å². The Hall–Kier alpha value is -1.89. The zero-order valence-corrected chi connectivity index (χ0v) is 15.0. The lowest BCUT2D eigenvalue weighted by Crippen LogP contribution is -2.49. The number of rotatable bonds is 5.